The highest BCUT2D eigenvalue weighted by molar-refractivity contribution is 7.96. The van der Waals surface area contributed by atoms with Crippen LogP contribution in [0.15, 0.2) is 36.4 Å². The number of rotatable bonds is 9. The Kier molecular flexibility index (Phi) is 7.62. The molecule has 8 heteroatoms. The van der Waals surface area contributed by atoms with Crippen molar-refractivity contribution in [2.45, 2.75) is 37.8 Å². The summed E-state index contributed by atoms with van der Waals surface area (Å²) in [5, 5.41) is 0. The molecule has 1 aliphatic carbocycles. The van der Waals surface area contributed by atoms with E-state index < -0.39 is 23.8 Å². The van der Waals surface area contributed by atoms with Gasteiger partial charge in [-0.3, -0.25) is 9.59 Å². The Hall–Kier alpha value is -2.79. The Labute approximate surface area is 188 Å². The molecule has 0 amide bonds. The summed E-state index contributed by atoms with van der Waals surface area (Å²) < 4.78 is 36.3. The lowest BCUT2D eigenvalue weighted by Crippen LogP contribution is -2.25. The zero-order chi connectivity index (χ0) is 23.3. The van der Waals surface area contributed by atoms with Gasteiger partial charge in [0.1, 0.15) is 34.1 Å². The highest BCUT2D eigenvalue weighted by atomic mass is 31.2. The summed E-state index contributed by atoms with van der Waals surface area (Å²) in [5.41, 5.74) is -2.03. The van der Waals surface area contributed by atoms with E-state index in [4.69, 9.17) is 18.9 Å². The van der Waals surface area contributed by atoms with E-state index in [0.717, 1.165) is 19.3 Å². The molecule has 32 heavy (non-hydrogen) atoms. The molecule has 172 valence electrons. The molecule has 0 saturated heterocycles. The minimum absolute atomic E-state index is 0.0219. The van der Waals surface area contributed by atoms with Crippen molar-refractivity contribution < 1.29 is 33.1 Å². The lowest BCUT2D eigenvalue weighted by molar-refractivity contribution is 0.102. The van der Waals surface area contributed by atoms with E-state index in [1.165, 1.54) is 28.4 Å². The molecule has 0 bridgehead atoms. The summed E-state index contributed by atoms with van der Waals surface area (Å²) in [6, 6.07) is 9.71. The number of hydrogen-bond acceptors (Lipinski definition) is 7. The Morgan fingerprint density at radius 1 is 0.688 bits per heavy atom. The molecular formula is C24H29O7P. The van der Waals surface area contributed by atoms with Gasteiger partial charge in [0.25, 0.3) is 0 Å². The molecule has 0 N–H and O–H groups in total. The normalized spacial score (nSPS) is 14.5. The number of benzene rings is 2. The van der Waals surface area contributed by atoms with Crippen molar-refractivity contribution in [2.24, 2.45) is 0 Å². The molecule has 0 radical (unpaired) electrons. The number of ether oxygens (including phenoxy) is 4. The lowest BCUT2D eigenvalue weighted by Gasteiger charge is -2.30. The Morgan fingerprint density at radius 3 is 1.34 bits per heavy atom. The fourth-order valence-electron chi connectivity index (χ4n) is 4.32. The van der Waals surface area contributed by atoms with Crippen LogP contribution >= 0.6 is 7.14 Å². The SMILES string of the molecule is COc1cccc(OC)c1C(=O)P(=O)(C(=O)c1c(OC)cccc1OC)C1CCCCC1. The summed E-state index contributed by atoms with van der Waals surface area (Å²) in [4.78, 5) is 28.0. The van der Waals surface area contributed by atoms with E-state index >= 15 is 0 Å². The molecule has 2 aromatic rings. The largest absolute Gasteiger partial charge is 0.496 e. The molecule has 7 nitrogen and oxygen atoms in total. The number of hydrogen-bond donors (Lipinski definition) is 0. The zero-order valence-electron chi connectivity index (χ0n) is 18.9. The van der Waals surface area contributed by atoms with Crippen molar-refractivity contribution in [1.29, 1.82) is 0 Å². The molecule has 0 aliphatic heterocycles. The van der Waals surface area contributed by atoms with Gasteiger partial charge in [0, 0.05) is 5.66 Å². The molecule has 0 heterocycles. The van der Waals surface area contributed by atoms with Crippen LogP contribution < -0.4 is 18.9 Å². The predicted octanol–water partition coefficient (Wildman–Crippen LogP) is 5.40. The van der Waals surface area contributed by atoms with Gasteiger partial charge in [-0.2, -0.15) is 0 Å². The molecule has 2 aromatic carbocycles. The molecule has 3 rings (SSSR count). The van der Waals surface area contributed by atoms with Gasteiger partial charge in [0.2, 0.25) is 18.2 Å². The summed E-state index contributed by atoms with van der Waals surface area (Å²) >= 11 is 0. The predicted molar refractivity (Wildman–Crippen MR) is 122 cm³/mol. The van der Waals surface area contributed by atoms with Crippen LogP contribution in [0.5, 0.6) is 23.0 Å². The Bertz CT molecular complexity index is 925. The van der Waals surface area contributed by atoms with Crippen molar-refractivity contribution in [2.75, 3.05) is 28.4 Å². The van der Waals surface area contributed by atoms with Crippen LogP contribution in [0.25, 0.3) is 0 Å². The van der Waals surface area contributed by atoms with Crippen LogP contribution in [0.4, 0.5) is 0 Å². The van der Waals surface area contributed by atoms with Crippen molar-refractivity contribution in [3.05, 3.63) is 47.5 Å². The number of methoxy groups -OCH3 is 4. The summed E-state index contributed by atoms with van der Waals surface area (Å²) in [6.45, 7) is 0. The Morgan fingerprint density at radius 2 is 1.03 bits per heavy atom. The van der Waals surface area contributed by atoms with Gasteiger partial charge in [-0.15, -0.1) is 0 Å². The lowest BCUT2D eigenvalue weighted by atomic mass is 10.0. The van der Waals surface area contributed by atoms with Gasteiger partial charge in [-0.1, -0.05) is 31.4 Å². The molecule has 1 fully saturated rings. The molecule has 0 aromatic heterocycles. The van der Waals surface area contributed by atoms with Gasteiger partial charge in [-0.25, -0.2) is 0 Å². The third-order valence-electron chi connectivity index (χ3n) is 5.98. The van der Waals surface area contributed by atoms with E-state index in [1.54, 1.807) is 36.4 Å². The molecule has 1 saturated carbocycles. The average molecular weight is 460 g/mol. The maximum atomic E-state index is 14.7. The van der Waals surface area contributed by atoms with Gasteiger partial charge in [0.15, 0.2) is 0 Å². The van der Waals surface area contributed by atoms with Crippen molar-refractivity contribution in [3.63, 3.8) is 0 Å². The standard InChI is InChI=1S/C24H29O7P/c1-28-17-12-8-13-18(29-2)21(17)23(25)32(27,16-10-6-5-7-11-16)24(26)22-19(30-3)14-9-15-20(22)31-4/h8-9,12-16H,5-7,10-11H2,1-4H3. The fraction of sp³-hybridized carbons (Fsp3) is 0.417. The van der Waals surface area contributed by atoms with Crippen molar-refractivity contribution in [1.82, 2.24) is 0 Å². The third kappa shape index (κ3) is 4.14. The van der Waals surface area contributed by atoms with Gasteiger partial charge in [-0.05, 0) is 37.1 Å². The highest BCUT2D eigenvalue weighted by Crippen LogP contribution is 2.62. The van der Waals surface area contributed by atoms with Crippen LogP contribution in [0.1, 0.15) is 52.8 Å². The van der Waals surface area contributed by atoms with Crippen LogP contribution in [0.3, 0.4) is 0 Å². The first kappa shape index (κ1) is 23.9. The van der Waals surface area contributed by atoms with E-state index in [-0.39, 0.29) is 34.1 Å². The first-order valence-electron chi connectivity index (χ1n) is 10.6. The summed E-state index contributed by atoms with van der Waals surface area (Å²) in [6.07, 6.45) is 3.66. The second-order valence-corrected chi connectivity index (χ2v) is 10.5. The van der Waals surface area contributed by atoms with Crippen LogP contribution in [0.2, 0.25) is 0 Å². The quantitative estimate of drug-likeness (QED) is 0.463. The third-order valence-corrected chi connectivity index (χ3v) is 9.17. The maximum absolute atomic E-state index is 14.7. The molecular weight excluding hydrogens is 431 g/mol. The number of carbonyl (C=O) groups excluding carboxylic acids is 2. The Balaban J connectivity index is 2.26. The first-order valence-corrected chi connectivity index (χ1v) is 12.3. The van der Waals surface area contributed by atoms with Crippen molar-refractivity contribution >= 4 is 18.2 Å². The second kappa shape index (κ2) is 10.2. The molecule has 1 aliphatic rings. The number of carbonyl (C=O) groups is 2. The van der Waals surface area contributed by atoms with Gasteiger partial charge < -0.3 is 23.5 Å². The molecule has 0 atom stereocenters. The minimum Gasteiger partial charge on any atom is -0.496 e. The first-order chi connectivity index (χ1) is 15.4. The smallest absolute Gasteiger partial charge is 0.236 e. The summed E-state index contributed by atoms with van der Waals surface area (Å²) in [5.74, 6) is 0.853. The van der Waals surface area contributed by atoms with Gasteiger partial charge in [0.05, 0.1) is 28.4 Å². The van der Waals surface area contributed by atoms with Crippen molar-refractivity contribution in [3.8, 4) is 23.0 Å². The van der Waals surface area contributed by atoms with Crippen LogP contribution in [0, 0.1) is 0 Å². The monoisotopic (exact) mass is 460 g/mol. The van der Waals surface area contributed by atoms with E-state index in [0.29, 0.717) is 12.8 Å². The summed E-state index contributed by atoms with van der Waals surface area (Å²) in [7, 11) is 1.50. The van der Waals surface area contributed by atoms with Crippen LogP contribution in [-0.4, -0.2) is 45.1 Å². The molecule has 0 spiro atoms. The maximum Gasteiger partial charge on any atom is 0.236 e. The van der Waals surface area contributed by atoms with Crippen LogP contribution in [-0.2, 0) is 4.57 Å². The highest BCUT2D eigenvalue weighted by Gasteiger charge is 2.50. The van der Waals surface area contributed by atoms with Gasteiger partial charge >= 0.3 is 0 Å². The average Bonchev–Trinajstić information content (AvgIpc) is 2.86. The van der Waals surface area contributed by atoms with E-state index in [1.807, 2.05) is 0 Å². The van der Waals surface area contributed by atoms with E-state index in [2.05, 4.69) is 0 Å². The second-order valence-electron chi connectivity index (χ2n) is 7.64. The zero-order valence-corrected chi connectivity index (χ0v) is 19.8. The van der Waals surface area contributed by atoms with E-state index in [9.17, 15) is 14.2 Å². The molecule has 0 unspecified atom stereocenters. The fourth-order valence-corrected chi connectivity index (χ4v) is 7.37. The minimum atomic E-state index is -4.18. The topological polar surface area (TPSA) is 88.1 Å².